The number of nitrogens with one attached hydrogen (secondary N) is 1. The molecule has 0 fully saturated rings. The van der Waals surface area contributed by atoms with Crippen LogP contribution in [0, 0.1) is 12.8 Å². The highest BCUT2D eigenvalue weighted by Gasteiger charge is 2.21. The van der Waals surface area contributed by atoms with E-state index in [9.17, 15) is 13.2 Å². The average molecular weight is 419 g/mol. The van der Waals surface area contributed by atoms with Gasteiger partial charge in [0.2, 0.25) is 10.0 Å². The van der Waals surface area contributed by atoms with Gasteiger partial charge in [-0.2, -0.15) is 0 Å². The second-order valence-electron chi connectivity index (χ2n) is 7.61. The number of amides is 1. The lowest BCUT2D eigenvalue weighted by molar-refractivity contribution is 0.0931. The molecule has 1 amide bonds. The maximum atomic E-state index is 13.1. The second-order valence-corrected chi connectivity index (χ2v) is 9.62. The molecule has 0 aliphatic heterocycles. The minimum absolute atomic E-state index is 0.163. The van der Waals surface area contributed by atoms with E-state index < -0.39 is 10.0 Å². The van der Waals surface area contributed by atoms with Gasteiger partial charge in [-0.05, 0) is 54.7 Å². The molecule has 2 rings (SSSR count). The van der Waals surface area contributed by atoms with Gasteiger partial charge in [0, 0.05) is 12.6 Å². The molecule has 158 valence electrons. The van der Waals surface area contributed by atoms with Crippen LogP contribution >= 0.6 is 0 Å². The number of hydrogen-bond donors (Lipinski definition) is 1. The van der Waals surface area contributed by atoms with Gasteiger partial charge >= 0.3 is 0 Å². The molecule has 0 bridgehead atoms. The molecular weight excluding hydrogens is 388 g/mol. The van der Waals surface area contributed by atoms with Gasteiger partial charge in [-0.1, -0.05) is 32.0 Å². The van der Waals surface area contributed by atoms with Gasteiger partial charge < -0.3 is 10.1 Å². The number of carbonyl (C=O) groups is 1. The maximum absolute atomic E-state index is 13.1. The molecule has 29 heavy (non-hydrogen) atoms. The van der Waals surface area contributed by atoms with Crippen LogP contribution in [0.5, 0.6) is 5.75 Å². The van der Waals surface area contributed by atoms with Gasteiger partial charge in [-0.25, -0.2) is 8.42 Å². The van der Waals surface area contributed by atoms with E-state index in [0.29, 0.717) is 22.7 Å². The Morgan fingerprint density at radius 2 is 1.76 bits per heavy atom. The summed E-state index contributed by atoms with van der Waals surface area (Å²) in [5.41, 5.74) is 2.57. The average Bonchev–Trinajstić information content (AvgIpc) is 2.66. The van der Waals surface area contributed by atoms with Crippen molar-refractivity contribution < 1.29 is 17.9 Å². The summed E-state index contributed by atoms with van der Waals surface area (Å²) in [6, 6.07) is 12.6. The zero-order chi connectivity index (χ0) is 21.8. The van der Waals surface area contributed by atoms with Gasteiger partial charge in [0.15, 0.2) is 0 Å². The summed E-state index contributed by atoms with van der Waals surface area (Å²) >= 11 is 0. The Bertz CT molecular complexity index is 953. The summed E-state index contributed by atoms with van der Waals surface area (Å²) in [5, 5.41) is 3.12. The van der Waals surface area contributed by atoms with E-state index >= 15 is 0 Å². The van der Waals surface area contributed by atoms with Crippen molar-refractivity contribution >= 4 is 21.6 Å². The van der Waals surface area contributed by atoms with Crippen LogP contribution in [0.1, 0.15) is 47.8 Å². The lowest BCUT2D eigenvalue weighted by Gasteiger charge is -2.24. The van der Waals surface area contributed by atoms with E-state index in [1.165, 1.54) is 11.4 Å². The molecule has 2 aromatic rings. The molecule has 2 aromatic carbocycles. The van der Waals surface area contributed by atoms with Crippen molar-refractivity contribution in [3.8, 4) is 5.75 Å². The van der Waals surface area contributed by atoms with Crippen molar-refractivity contribution in [3.63, 3.8) is 0 Å². The summed E-state index contributed by atoms with van der Waals surface area (Å²) in [6.45, 7) is 5.97. The molecule has 0 aliphatic carbocycles. The minimum atomic E-state index is -3.42. The predicted molar refractivity (Wildman–Crippen MR) is 117 cm³/mol. The number of nitrogens with zero attached hydrogens (tertiary/aromatic N) is 1. The summed E-state index contributed by atoms with van der Waals surface area (Å²) in [4.78, 5) is 13.1. The molecule has 0 saturated heterocycles. The quantitative estimate of drug-likeness (QED) is 0.705. The fraction of sp³-hybridized carbons (Fsp3) is 0.409. The summed E-state index contributed by atoms with van der Waals surface area (Å²) in [6.07, 6.45) is 1.92. The largest absolute Gasteiger partial charge is 0.497 e. The molecule has 0 aromatic heterocycles. The Labute approximate surface area is 173 Å². The van der Waals surface area contributed by atoms with E-state index in [1.807, 2.05) is 24.3 Å². The first kappa shape index (κ1) is 22.7. The number of carbonyl (C=O) groups excluding carboxylic acids is 1. The van der Waals surface area contributed by atoms with E-state index in [0.717, 1.165) is 24.0 Å². The molecule has 1 unspecified atom stereocenters. The molecule has 0 aliphatic rings. The smallest absolute Gasteiger partial charge is 0.252 e. The standard InChI is InChI=1S/C22H30N2O4S/c1-15(2)14-20(17-10-12-18(28-5)13-11-17)23-22(25)19-8-7-9-21(16(19)3)24(4)29(6,26)27/h7-13,15,20H,14H2,1-6H3,(H,23,25). The lowest BCUT2D eigenvalue weighted by atomic mass is 9.96. The SMILES string of the molecule is COc1ccc(C(CC(C)C)NC(=O)c2cccc(N(C)S(C)(=O)=O)c2C)cc1. The lowest BCUT2D eigenvalue weighted by Crippen LogP contribution is -2.31. The van der Waals surface area contributed by atoms with Crippen LogP contribution in [0.15, 0.2) is 42.5 Å². The van der Waals surface area contributed by atoms with Gasteiger partial charge in [-0.3, -0.25) is 9.10 Å². The fourth-order valence-electron chi connectivity index (χ4n) is 3.21. The van der Waals surface area contributed by atoms with Crippen LogP contribution < -0.4 is 14.4 Å². The van der Waals surface area contributed by atoms with Crippen molar-refractivity contribution in [2.75, 3.05) is 24.7 Å². The highest BCUT2D eigenvalue weighted by atomic mass is 32.2. The van der Waals surface area contributed by atoms with Gasteiger partial charge in [0.25, 0.3) is 5.91 Å². The van der Waals surface area contributed by atoms with Crippen LogP contribution in [0.2, 0.25) is 0 Å². The van der Waals surface area contributed by atoms with E-state index in [1.54, 1.807) is 32.2 Å². The molecular formula is C22H30N2O4S. The van der Waals surface area contributed by atoms with Crippen molar-refractivity contribution in [1.82, 2.24) is 5.32 Å². The minimum Gasteiger partial charge on any atom is -0.497 e. The Morgan fingerprint density at radius 3 is 2.28 bits per heavy atom. The van der Waals surface area contributed by atoms with Gasteiger partial charge in [-0.15, -0.1) is 0 Å². The van der Waals surface area contributed by atoms with Gasteiger partial charge in [0.1, 0.15) is 5.75 Å². The highest BCUT2D eigenvalue weighted by Crippen LogP contribution is 2.27. The van der Waals surface area contributed by atoms with Crippen LogP contribution in [0.4, 0.5) is 5.69 Å². The Morgan fingerprint density at radius 1 is 1.14 bits per heavy atom. The molecule has 0 spiro atoms. The second kappa shape index (κ2) is 9.31. The molecule has 7 heteroatoms. The molecule has 1 atom stereocenters. The predicted octanol–water partition coefficient (Wildman–Crippen LogP) is 3.92. The first-order valence-corrected chi connectivity index (χ1v) is 11.4. The molecule has 6 nitrogen and oxygen atoms in total. The zero-order valence-corrected chi connectivity index (χ0v) is 18.7. The van der Waals surface area contributed by atoms with Crippen molar-refractivity contribution in [1.29, 1.82) is 0 Å². The van der Waals surface area contributed by atoms with Crippen LogP contribution in [-0.4, -0.2) is 34.7 Å². The molecule has 1 N–H and O–H groups in total. The van der Waals surface area contributed by atoms with Crippen molar-refractivity contribution in [2.45, 2.75) is 33.2 Å². The van der Waals surface area contributed by atoms with E-state index in [2.05, 4.69) is 19.2 Å². The highest BCUT2D eigenvalue weighted by molar-refractivity contribution is 7.92. The zero-order valence-electron chi connectivity index (χ0n) is 17.9. The normalized spacial score (nSPS) is 12.5. The number of benzene rings is 2. The first-order valence-electron chi connectivity index (χ1n) is 9.53. The maximum Gasteiger partial charge on any atom is 0.252 e. The Kier molecular flexibility index (Phi) is 7.30. The monoisotopic (exact) mass is 418 g/mol. The molecule has 0 heterocycles. The van der Waals surface area contributed by atoms with Crippen LogP contribution in [0.25, 0.3) is 0 Å². The number of hydrogen-bond acceptors (Lipinski definition) is 4. The summed E-state index contributed by atoms with van der Waals surface area (Å²) < 4.78 is 30.2. The van der Waals surface area contributed by atoms with Crippen molar-refractivity contribution in [2.24, 2.45) is 5.92 Å². The Balaban J connectivity index is 2.34. The number of methoxy groups -OCH3 is 1. The van der Waals surface area contributed by atoms with Crippen LogP contribution in [-0.2, 0) is 10.0 Å². The van der Waals surface area contributed by atoms with E-state index in [4.69, 9.17) is 4.74 Å². The third-order valence-corrected chi connectivity index (χ3v) is 6.11. The number of rotatable bonds is 8. The summed E-state index contributed by atoms with van der Waals surface area (Å²) in [5.74, 6) is 0.912. The summed E-state index contributed by atoms with van der Waals surface area (Å²) in [7, 11) is -0.319. The van der Waals surface area contributed by atoms with Crippen molar-refractivity contribution in [3.05, 3.63) is 59.2 Å². The molecule has 0 saturated carbocycles. The van der Waals surface area contributed by atoms with Crippen LogP contribution in [0.3, 0.4) is 0 Å². The first-order chi connectivity index (χ1) is 13.5. The number of ether oxygens (including phenoxy) is 1. The van der Waals surface area contributed by atoms with E-state index in [-0.39, 0.29) is 11.9 Å². The number of sulfonamides is 1. The molecule has 0 radical (unpaired) electrons. The third kappa shape index (κ3) is 5.73. The van der Waals surface area contributed by atoms with Gasteiger partial charge in [0.05, 0.1) is 25.1 Å². The third-order valence-electron chi connectivity index (χ3n) is 4.92. The Hall–Kier alpha value is -2.54. The number of anilines is 1. The topological polar surface area (TPSA) is 75.7 Å². The fourth-order valence-corrected chi connectivity index (χ4v) is 3.77.